The molecule has 0 heterocycles. The van der Waals surface area contributed by atoms with Crippen molar-refractivity contribution in [1.82, 2.24) is 0 Å². The Bertz CT molecular complexity index is 168. The summed E-state index contributed by atoms with van der Waals surface area (Å²) in [6.45, 7) is 6.85. The normalized spacial score (nSPS) is 13.1. The van der Waals surface area contributed by atoms with Crippen molar-refractivity contribution in [3.63, 3.8) is 0 Å². The molecule has 14 heavy (non-hydrogen) atoms. The van der Waals surface area contributed by atoms with Gasteiger partial charge in [-0.15, -0.1) is 0 Å². The minimum atomic E-state index is -0.977. The lowest BCUT2D eigenvalue weighted by Gasteiger charge is -2.38. The van der Waals surface area contributed by atoms with Crippen molar-refractivity contribution in [3.8, 4) is 0 Å². The Morgan fingerprint density at radius 2 is 1.79 bits per heavy atom. The lowest BCUT2D eigenvalue weighted by Crippen LogP contribution is -2.50. The van der Waals surface area contributed by atoms with Crippen LogP contribution in [0.4, 0.5) is 0 Å². The van der Waals surface area contributed by atoms with E-state index in [2.05, 4.69) is 12.6 Å². The Hall–Kier alpha value is 0.295. The Balaban J connectivity index is 4.08. The van der Waals surface area contributed by atoms with E-state index < -0.39 is 18.3 Å². The quantitative estimate of drug-likeness (QED) is 0.468. The van der Waals surface area contributed by atoms with Crippen LogP contribution in [-0.2, 0) is 4.65 Å². The zero-order chi connectivity index (χ0) is 11.4. The van der Waals surface area contributed by atoms with Gasteiger partial charge in [-0.25, -0.2) is 0 Å². The molecule has 2 N–H and O–H groups in total. The Kier molecular flexibility index (Phi) is 5.51. The molecule has 84 valence electrons. The van der Waals surface area contributed by atoms with Gasteiger partial charge in [0.1, 0.15) is 0 Å². The summed E-state index contributed by atoms with van der Waals surface area (Å²) in [4.78, 5) is 0. The lowest BCUT2D eigenvalue weighted by molar-refractivity contribution is -0.0999. The third-order valence-corrected chi connectivity index (χ3v) is 2.83. The minimum Gasteiger partial charge on any atom is -0.427 e. The molecule has 0 bridgehead atoms. The summed E-state index contributed by atoms with van der Waals surface area (Å²) in [6.07, 6.45) is 1.34. The first kappa shape index (κ1) is 14.3. The SMILES string of the molecule is CC(C)(O)C(C)(C)OB(O)CCCS. The van der Waals surface area contributed by atoms with Crippen LogP contribution in [0.5, 0.6) is 0 Å². The topological polar surface area (TPSA) is 49.7 Å². The summed E-state index contributed by atoms with van der Waals surface area (Å²) < 4.78 is 5.38. The third-order valence-electron chi connectivity index (χ3n) is 2.51. The van der Waals surface area contributed by atoms with Crippen LogP contribution in [0.25, 0.3) is 0 Å². The predicted octanol–water partition coefficient (Wildman–Crippen LogP) is 1.35. The third kappa shape index (κ3) is 4.69. The van der Waals surface area contributed by atoms with Gasteiger partial charge in [-0.3, -0.25) is 0 Å². The summed E-state index contributed by atoms with van der Waals surface area (Å²) in [7, 11) is -0.830. The van der Waals surface area contributed by atoms with Crippen molar-refractivity contribution in [2.75, 3.05) is 5.75 Å². The molecule has 0 fully saturated rings. The van der Waals surface area contributed by atoms with Crippen LogP contribution in [0.1, 0.15) is 34.1 Å². The second kappa shape index (κ2) is 5.40. The van der Waals surface area contributed by atoms with E-state index in [0.29, 0.717) is 6.32 Å². The molecule has 0 aromatic rings. The molecule has 0 rings (SSSR count). The zero-order valence-electron chi connectivity index (χ0n) is 9.45. The molecule has 0 aliphatic carbocycles. The van der Waals surface area contributed by atoms with Gasteiger partial charge in [0.2, 0.25) is 0 Å². The van der Waals surface area contributed by atoms with E-state index in [1.807, 2.05) is 0 Å². The highest BCUT2D eigenvalue weighted by atomic mass is 32.1. The van der Waals surface area contributed by atoms with E-state index >= 15 is 0 Å². The van der Waals surface area contributed by atoms with Crippen molar-refractivity contribution in [2.24, 2.45) is 0 Å². The number of hydrogen-bond donors (Lipinski definition) is 3. The van der Waals surface area contributed by atoms with Gasteiger partial charge in [0.05, 0.1) is 11.2 Å². The maximum absolute atomic E-state index is 9.77. The average molecular weight is 220 g/mol. The van der Waals surface area contributed by atoms with E-state index in [9.17, 15) is 10.1 Å². The molecule has 0 radical (unpaired) electrons. The van der Waals surface area contributed by atoms with Gasteiger partial charge in [0.15, 0.2) is 0 Å². The average Bonchev–Trinajstić information content (AvgIpc) is 1.97. The fourth-order valence-corrected chi connectivity index (χ4v) is 0.992. The fourth-order valence-electron chi connectivity index (χ4n) is 0.809. The highest BCUT2D eigenvalue weighted by Crippen LogP contribution is 2.26. The summed E-state index contributed by atoms with van der Waals surface area (Å²) in [5.74, 6) is 0.726. The van der Waals surface area contributed by atoms with Crippen LogP contribution < -0.4 is 0 Å². The highest BCUT2D eigenvalue weighted by Gasteiger charge is 2.38. The smallest absolute Gasteiger partial charge is 0.427 e. The second-order valence-electron chi connectivity index (χ2n) is 4.51. The minimum absolute atomic E-state index is 0.545. The van der Waals surface area contributed by atoms with Gasteiger partial charge >= 0.3 is 7.12 Å². The molecule has 0 aromatic carbocycles. The molecule has 0 spiro atoms. The van der Waals surface area contributed by atoms with E-state index in [1.165, 1.54) is 0 Å². The molecule has 0 saturated carbocycles. The Labute approximate surface area is 92.4 Å². The van der Waals surface area contributed by atoms with Crippen LogP contribution in [0, 0.1) is 0 Å². The molecule has 0 aromatic heterocycles. The predicted molar refractivity (Wildman–Crippen MR) is 62.7 cm³/mol. The van der Waals surface area contributed by atoms with E-state index in [4.69, 9.17) is 4.65 Å². The molecule has 0 aliphatic rings. The van der Waals surface area contributed by atoms with E-state index in [0.717, 1.165) is 12.2 Å². The largest absolute Gasteiger partial charge is 0.454 e. The van der Waals surface area contributed by atoms with Gasteiger partial charge in [-0.05, 0) is 46.2 Å². The van der Waals surface area contributed by atoms with Crippen molar-refractivity contribution in [1.29, 1.82) is 0 Å². The Morgan fingerprint density at radius 1 is 1.29 bits per heavy atom. The number of hydrogen-bond acceptors (Lipinski definition) is 4. The van der Waals surface area contributed by atoms with Crippen molar-refractivity contribution in [3.05, 3.63) is 0 Å². The van der Waals surface area contributed by atoms with Crippen molar-refractivity contribution in [2.45, 2.75) is 51.6 Å². The van der Waals surface area contributed by atoms with Crippen LogP contribution in [0.15, 0.2) is 0 Å². The fraction of sp³-hybridized carbons (Fsp3) is 1.00. The number of rotatable bonds is 6. The van der Waals surface area contributed by atoms with Gasteiger partial charge in [0, 0.05) is 0 Å². The molecule has 0 atom stereocenters. The van der Waals surface area contributed by atoms with Gasteiger partial charge in [0.25, 0.3) is 0 Å². The van der Waals surface area contributed by atoms with Crippen LogP contribution in [-0.4, -0.2) is 34.2 Å². The second-order valence-corrected chi connectivity index (χ2v) is 4.95. The van der Waals surface area contributed by atoms with E-state index in [1.54, 1.807) is 27.7 Å². The molecule has 0 amide bonds. The van der Waals surface area contributed by atoms with Crippen molar-refractivity contribution >= 4 is 19.7 Å². The summed E-state index contributed by atoms with van der Waals surface area (Å²) in [5.41, 5.74) is -1.74. The van der Waals surface area contributed by atoms with Gasteiger partial charge in [-0.1, -0.05) is 0 Å². The summed E-state index contributed by atoms with van der Waals surface area (Å²) in [6, 6.07) is 0. The van der Waals surface area contributed by atoms with Crippen molar-refractivity contribution < 1.29 is 14.8 Å². The van der Waals surface area contributed by atoms with Crippen LogP contribution in [0.2, 0.25) is 6.32 Å². The van der Waals surface area contributed by atoms with Crippen LogP contribution in [0.3, 0.4) is 0 Å². The first-order chi connectivity index (χ1) is 6.20. The van der Waals surface area contributed by atoms with E-state index in [-0.39, 0.29) is 0 Å². The Morgan fingerprint density at radius 3 is 2.14 bits per heavy atom. The first-order valence-corrected chi connectivity index (χ1v) is 5.53. The maximum atomic E-state index is 9.77. The van der Waals surface area contributed by atoms with Crippen LogP contribution >= 0.6 is 12.6 Å². The first-order valence-electron chi connectivity index (χ1n) is 4.90. The monoisotopic (exact) mass is 220 g/mol. The zero-order valence-corrected chi connectivity index (χ0v) is 10.3. The summed E-state index contributed by atoms with van der Waals surface area (Å²) >= 11 is 4.05. The standard InChI is InChI=1S/C9H21BO3S/c1-8(2,11)9(3,4)13-10(12)6-5-7-14/h11-12,14H,5-7H2,1-4H3. The number of aliphatic hydroxyl groups is 1. The summed E-state index contributed by atoms with van der Waals surface area (Å²) in [5, 5.41) is 19.3. The molecule has 0 unspecified atom stereocenters. The molecule has 3 nitrogen and oxygen atoms in total. The van der Waals surface area contributed by atoms with Gasteiger partial charge in [-0.2, -0.15) is 12.6 Å². The highest BCUT2D eigenvalue weighted by molar-refractivity contribution is 7.80. The van der Waals surface area contributed by atoms with Gasteiger partial charge < -0.3 is 14.8 Å². The lowest BCUT2D eigenvalue weighted by atomic mass is 9.79. The molecular weight excluding hydrogens is 199 g/mol. The molecule has 0 saturated heterocycles. The maximum Gasteiger partial charge on any atom is 0.454 e. The molecular formula is C9H21BO3S. The molecule has 5 heteroatoms. The molecule has 0 aliphatic heterocycles. The number of thiol groups is 1.